The lowest BCUT2D eigenvalue weighted by Gasteiger charge is -2.27. The van der Waals surface area contributed by atoms with Gasteiger partial charge in [0.25, 0.3) is 5.91 Å². The number of likely N-dealkylation sites (N-methyl/N-ethyl adjacent to an activating group) is 1. The highest BCUT2D eigenvalue weighted by atomic mass is 16.5. The maximum atomic E-state index is 12.5. The van der Waals surface area contributed by atoms with Gasteiger partial charge >= 0.3 is 6.01 Å². The Hall–Kier alpha value is -2.05. The first kappa shape index (κ1) is 18.0. The van der Waals surface area contributed by atoms with Crippen molar-refractivity contribution >= 4 is 5.91 Å². The lowest BCUT2D eigenvalue weighted by atomic mass is 10.1. The quantitative estimate of drug-likeness (QED) is 0.728. The molecule has 22 heavy (non-hydrogen) atoms. The number of ether oxygens (including phenoxy) is 3. The summed E-state index contributed by atoms with van der Waals surface area (Å²) in [5.74, 6) is 0.540. The Morgan fingerprint density at radius 3 is 2.00 bits per heavy atom. The van der Waals surface area contributed by atoms with Crippen molar-refractivity contribution in [3.8, 4) is 17.8 Å². The molecule has 7 nitrogen and oxygen atoms in total. The number of carbonyl (C=O) groups excluding carboxylic acids is 1. The van der Waals surface area contributed by atoms with E-state index in [1.165, 1.54) is 14.2 Å². The standard InChI is InChI=1S/C15H25N3O4/c1-7-18(8-2)14(19)13(10(3)4)22-15-16-11(20-5)9-12(17-15)21-6/h9-10,13H,7-8H2,1-6H3. The molecule has 1 unspecified atom stereocenters. The molecule has 0 saturated heterocycles. The summed E-state index contributed by atoms with van der Waals surface area (Å²) in [6.45, 7) is 8.97. The second-order valence-corrected chi connectivity index (χ2v) is 5.03. The summed E-state index contributed by atoms with van der Waals surface area (Å²) in [6, 6.07) is 1.61. The molecule has 0 aliphatic rings. The minimum Gasteiger partial charge on any atom is -0.481 e. The van der Waals surface area contributed by atoms with Crippen LogP contribution in [0.15, 0.2) is 6.07 Å². The predicted molar refractivity (Wildman–Crippen MR) is 82.3 cm³/mol. The highest BCUT2D eigenvalue weighted by Crippen LogP contribution is 2.21. The zero-order valence-corrected chi connectivity index (χ0v) is 14.1. The van der Waals surface area contributed by atoms with Gasteiger partial charge in [0.15, 0.2) is 6.10 Å². The number of hydrogen-bond acceptors (Lipinski definition) is 6. The van der Waals surface area contributed by atoms with Crippen molar-refractivity contribution in [2.75, 3.05) is 27.3 Å². The Bertz CT molecular complexity index is 467. The highest BCUT2D eigenvalue weighted by molar-refractivity contribution is 5.81. The number of nitrogens with zero attached hydrogens (tertiary/aromatic N) is 3. The van der Waals surface area contributed by atoms with Crippen LogP contribution >= 0.6 is 0 Å². The molecule has 0 fully saturated rings. The molecule has 1 aromatic rings. The Morgan fingerprint density at radius 1 is 1.14 bits per heavy atom. The van der Waals surface area contributed by atoms with Gasteiger partial charge in [-0.15, -0.1) is 0 Å². The molecule has 124 valence electrons. The van der Waals surface area contributed by atoms with Crippen molar-refractivity contribution < 1.29 is 19.0 Å². The van der Waals surface area contributed by atoms with E-state index in [1.54, 1.807) is 11.0 Å². The molecular formula is C15H25N3O4. The summed E-state index contributed by atoms with van der Waals surface area (Å²) in [5, 5.41) is 0. The van der Waals surface area contributed by atoms with Gasteiger partial charge in [-0.2, -0.15) is 9.97 Å². The average molecular weight is 311 g/mol. The van der Waals surface area contributed by atoms with Crippen molar-refractivity contribution in [1.82, 2.24) is 14.9 Å². The van der Waals surface area contributed by atoms with Crippen LogP contribution in [0.4, 0.5) is 0 Å². The molecule has 0 aromatic carbocycles. The van der Waals surface area contributed by atoms with Gasteiger partial charge in [-0.1, -0.05) is 13.8 Å². The second-order valence-electron chi connectivity index (χ2n) is 5.03. The second kappa shape index (κ2) is 8.41. The number of amides is 1. The molecule has 0 saturated carbocycles. The van der Waals surface area contributed by atoms with E-state index >= 15 is 0 Å². The lowest BCUT2D eigenvalue weighted by Crippen LogP contribution is -2.44. The van der Waals surface area contributed by atoms with Crippen molar-refractivity contribution in [3.05, 3.63) is 6.07 Å². The van der Waals surface area contributed by atoms with Crippen molar-refractivity contribution in [2.45, 2.75) is 33.8 Å². The number of aromatic nitrogens is 2. The molecule has 1 aromatic heterocycles. The molecule has 0 bridgehead atoms. The van der Waals surface area contributed by atoms with Crippen molar-refractivity contribution in [3.63, 3.8) is 0 Å². The molecule has 0 radical (unpaired) electrons. The van der Waals surface area contributed by atoms with Crippen LogP contribution in [0.3, 0.4) is 0 Å². The lowest BCUT2D eigenvalue weighted by molar-refractivity contribution is -0.140. The molecule has 1 heterocycles. The first-order valence-corrected chi connectivity index (χ1v) is 7.39. The van der Waals surface area contributed by atoms with Crippen LogP contribution in [0, 0.1) is 5.92 Å². The Kier molecular flexibility index (Phi) is 6.88. The molecule has 1 atom stereocenters. The largest absolute Gasteiger partial charge is 0.481 e. The Morgan fingerprint density at radius 2 is 1.64 bits per heavy atom. The van der Waals surface area contributed by atoms with Crippen LogP contribution < -0.4 is 14.2 Å². The monoisotopic (exact) mass is 311 g/mol. The van der Waals surface area contributed by atoms with Crippen LogP contribution in [-0.2, 0) is 4.79 Å². The van der Waals surface area contributed by atoms with E-state index in [-0.39, 0.29) is 17.8 Å². The third-order valence-electron chi connectivity index (χ3n) is 3.23. The summed E-state index contributed by atoms with van der Waals surface area (Å²) >= 11 is 0. The fourth-order valence-corrected chi connectivity index (χ4v) is 1.95. The highest BCUT2D eigenvalue weighted by Gasteiger charge is 2.29. The van der Waals surface area contributed by atoms with E-state index in [2.05, 4.69) is 9.97 Å². The van der Waals surface area contributed by atoms with Gasteiger partial charge in [0.05, 0.1) is 20.3 Å². The van der Waals surface area contributed by atoms with Crippen LogP contribution in [0.1, 0.15) is 27.7 Å². The third kappa shape index (κ3) is 4.47. The topological polar surface area (TPSA) is 73.8 Å². The van der Waals surface area contributed by atoms with E-state index < -0.39 is 6.10 Å². The van der Waals surface area contributed by atoms with Gasteiger partial charge in [-0.3, -0.25) is 4.79 Å². The fraction of sp³-hybridized carbons (Fsp3) is 0.667. The van der Waals surface area contributed by atoms with Crippen LogP contribution in [0.25, 0.3) is 0 Å². The Labute approximate surface area is 131 Å². The van der Waals surface area contributed by atoms with Crippen LogP contribution in [0.5, 0.6) is 17.8 Å². The zero-order valence-electron chi connectivity index (χ0n) is 14.1. The van der Waals surface area contributed by atoms with Gasteiger partial charge in [-0.25, -0.2) is 0 Å². The molecule has 0 aliphatic carbocycles. The summed E-state index contributed by atoms with van der Waals surface area (Å²) < 4.78 is 15.9. The average Bonchev–Trinajstić information content (AvgIpc) is 2.52. The fourth-order valence-electron chi connectivity index (χ4n) is 1.95. The molecule has 0 N–H and O–H groups in total. The number of methoxy groups -OCH3 is 2. The summed E-state index contributed by atoms with van der Waals surface area (Å²) in [5.41, 5.74) is 0. The van der Waals surface area contributed by atoms with E-state index in [0.29, 0.717) is 24.8 Å². The first-order chi connectivity index (χ1) is 10.5. The summed E-state index contributed by atoms with van der Waals surface area (Å²) in [7, 11) is 2.99. The molecular weight excluding hydrogens is 286 g/mol. The summed E-state index contributed by atoms with van der Waals surface area (Å²) in [4.78, 5) is 22.5. The van der Waals surface area contributed by atoms with Crippen LogP contribution in [0.2, 0.25) is 0 Å². The number of hydrogen-bond donors (Lipinski definition) is 0. The maximum absolute atomic E-state index is 12.5. The molecule has 0 aliphatic heterocycles. The van der Waals surface area contributed by atoms with E-state index in [0.717, 1.165) is 0 Å². The van der Waals surface area contributed by atoms with Crippen LogP contribution in [-0.4, -0.2) is 54.2 Å². The third-order valence-corrected chi connectivity index (χ3v) is 3.23. The normalized spacial score (nSPS) is 12.0. The van der Waals surface area contributed by atoms with E-state index in [1.807, 2.05) is 27.7 Å². The minimum absolute atomic E-state index is 0.0195. The van der Waals surface area contributed by atoms with Gasteiger partial charge in [0.1, 0.15) is 0 Å². The smallest absolute Gasteiger partial charge is 0.323 e. The van der Waals surface area contributed by atoms with Gasteiger partial charge in [-0.05, 0) is 19.8 Å². The first-order valence-electron chi connectivity index (χ1n) is 7.39. The Balaban J connectivity index is 3.03. The molecule has 0 spiro atoms. The summed E-state index contributed by atoms with van der Waals surface area (Å²) in [6.07, 6.45) is -0.656. The maximum Gasteiger partial charge on any atom is 0.323 e. The minimum atomic E-state index is -0.656. The number of rotatable bonds is 8. The van der Waals surface area contributed by atoms with Crippen molar-refractivity contribution in [2.24, 2.45) is 5.92 Å². The van der Waals surface area contributed by atoms with Gasteiger partial charge < -0.3 is 19.1 Å². The van der Waals surface area contributed by atoms with E-state index in [9.17, 15) is 4.79 Å². The SMILES string of the molecule is CCN(CC)C(=O)C(Oc1nc(OC)cc(OC)n1)C(C)C. The molecule has 1 rings (SSSR count). The van der Waals surface area contributed by atoms with Gasteiger partial charge in [0, 0.05) is 13.1 Å². The van der Waals surface area contributed by atoms with E-state index in [4.69, 9.17) is 14.2 Å². The zero-order chi connectivity index (χ0) is 16.7. The predicted octanol–water partition coefficient (Wildman–Crippen LogP) is 1.77. The number of carbonyl (C=O) groups is 1. The van der Waals surface area contributed by atoms with Crippen molar-refractivity contribution in [1.29, 1.82) is 0 Å². The molecule has 1 amide bonds. The molecule has 7 heteroatoms. The van der Waals surface area contributed by atoms with Gasteiger partial charge in [0.2, 0.25) is 11.8 Å².